The molecule has 0 bridgehead atoms. The van der Waals surface area contributed by atoms with E-state index >= 15 is 0 Å². The molecule has 0 aromatic rings. The first-order valence-corrected chi connectivity index (χ1v) is 4.32. The van der Waals surface area contributed by atoms with Crippen LogP contribution in [0.4, 0.5) is 0 Å². The van der Waals surface area contributed by atoms with Crippen LogP contribution in [0.3, 0.4) is 0 Å². The molecule has 0 radical (unpaired) electrons. The summed E-state index contributed by atoms with van der Waals surface area (Å²) in [4.78, 5) is 2.40. The third-order valence-corrected chi connectivity index (χ3v) is 2.06. The highest BCUT2D eigenvalue weighted by Crippen LogP contribution is 1.99. The number of hydrazone groups is 1. The minimum atomic E-state index is 0.984. The van der Waals surface area contributed by atoms with Crippen molar-refractivity contribution in [2.45, 2.75) is 6.92 Å². The number of rotatable bonds is 2. The van der Waals surface area contributed by atoms with Gasteiger partial charge in [0.15, 0.2) is 0 Å². The van der Waals surface area contributed by atoms with Gasteiger partial charge in [-0.15, -0.1) is 5.10 Å². The zero-order valence-corrected chi connectivity index (χ0v) is 7.60. The van der Waals surface area contributed by atoms with Gasteiger partial charge in [-0.05, 0) is 18.8 Å². The van der Waals surface area contributed by atoms with Crippen LogP contribution in [0.15, 0.2) is 5.10 Å². The van der Waals surface area contributed by atoms with Crippen LogP contribution in [0.1, 0.15) is 6.92 Å². The Hall–Kier alpha value is -0.440. The fourth-order valence-electron chi connectivity index (χ4n) is 1.21. The van der Waals surface area contributed by atoms with Crippen molar-refractivity contribution in [1.82, 2.24) is 9.91 Å². The van der Waals surface area contributed by atoms with E-state index in [1.165, 1.54) is 0 Å². The van der Waals surface area contributed by atoms with Crippen LogP contribution >= 0.6 is 12.2 Å². The van der Waals surface area contributed by atoms with Gasteiger partial charge in [0, 0.05) is 26.2 Å². The zero-order valence-electron chi connectivity index (χ0n) is 6.79. The Morgan fingerprint density at radius 3 is 2.45 bits per heavy atom. The second-order valence-electron chi connectivity index (χ2n) is 2.58. The van der Waals surface area contributed by atoms with E-state index in [1.54, 1.807) is 0 Å². The summed E-state index contributed by atoms with van der Waals surface area (Å²) in [7, 11) is 0. The topological polar surface area (TPSA) is 18.8 Å². The van der Waals surface area contributed by atoms with E-state index < -0.39 is 0 Å². The maximum Gasteiger partial charge on any atom is 0.0846 e. The molecule has 62 valence electrons. The second kappa shape index (κ2) is 4.44. The second-order valence-corrected chi connectivity index (χ2v) is 2.76. The monoisotopic (exact) mass is 171 g/mol. The lowest BCUT2D eigenvalue weighted by molar-refractivity contribution is 0.142. The van der Waals surface area contributed by atoms with Gasteiger partial charge in [0.25, 0.3) is 0 Å². The van der Waals surface area contributed by atoms with Crippen LogP contribution in [0.5, 0.6) is 0 Å². The van der Waals surface area contributed by atoms with Crippen molar-refractivity contribution in [3.63, 3.8) is 0 Å². The van der Waals surface area contributed by atoms with Crippen molar-refractivity contribution in [3.8, 4) is 0 Å². The average molecular weight is 171 g/mol. The van der Waals surface area contributed by atoms with Crippen molar-refractivity contribution in [2.24, 2.45) is 5.10 Å². The predicted molar refractivity (Wildman–Crippen MR) is 48.7 cm³/mol. The lowest BCUT2D eigenvalue weighted by Gasteiger charge is -2.31. The summed E-state index contributed by atoms with van der Waals surface area (Å²) in [5.41, 5.74) is 0. The summed E-state index contributed by atoms with van der Waals surface area (Å²) in [6.07, 6.45) is 0. The molecule has 4 heteroatoms. The molecule has 0 N–H and O–H groups in total. The van der Waals surface area contributed by atoms with Crippen LogP contribution in [0.25, 0.3) is 0 Å². The minimum absolute atomic E-state index is 0.984. The fourth-order valence-corrected chi connectivity index (χ4v) is 1.33. The molecule has 0 aromatic carbocycles. The Balaban J connectivity index is 2.29. The highest BCUT2D eigenvalue weighted by Gasteiger charge is 2.12. The summed E-state index contributed by atoms with van der Waals surface area (Å²) < 4.78 is 0. The number of likely N-dealkylation sites (N-methyl/N-ethyl adjacent to an activating group) is 1. The van der Waals surface area contributed by atoms with E-state index in [0.29, 0.717) is 0 Å². The molecule has 1 aliphatic heterocycles. The fraction of sp³-hybridized carbons (Fsp3) is 0.857. The number of hydrogen-bond donors (Lipinski definition) is 0. The maximum absolute atomic E-state index is 4.52. The molecule has 1 fully saturated rings. The first-order valence-electron chi connectivity index (χ1n) is 3.92. The quantitative estimate of drug-likeness (QED) is 0.449. The van der Waals surface area contributed by atoms with Crippen molar-refractivity contribution in [3.05, 3.63) is 0 Å². The molecule has 1 heterocycles. The van der Waals surface area contributed by atoms with Gasteiger partial charge in [0.2, 0.25) is 0 Å². The first kappa shape index (κ1) is 8.65. The lowest BCUT2D eigenvalue weighted by atomic mass is 10.3. The van der Waals surface area contributed by atoms with Crippen molar-refractivity contribution in [2.75, 3.05) is 32.7 Å². The first-order chi connectivity index (χ1) is 5.36. The minimum Gasteiger partial charge on any atom is -0.300 e. The number of piperazine rings is 1. The molecule has 3 nitrogen and oxygen atoms in total. The molecule has 0 atom stereocenters. The van der Waals surface area contributed by atoms with E-state index in [1.807, 2.05) is 5.01 Å². The molecule has 0 aromatic heterocycles. The Bertz CT molecular complexity index is 157. The number of hydrogen-bond acceptors (Lipinski definition) is 4. The Morgan fingerprint density at radius 1 is 1.36 bits per heavy atom. The maximum atomic E-state index is 4.52. The molecule has 0 aliphatic carbocycles. The van der Waals surface area contributed by atoms with E-state index in [9.17, 15) is 0 Å². The van der Waals surface area contributed by atoms with E-state index in [4.69, 9.17) is 0 Å². The predicted octanol–water partition coefficient (Wildman–Crippen LogP) is 0.642. The van der Waals surface area contributed by atoms with E-state index in [0.717, 1.165) is 32.7 Å². The highest BCUT2D eigenvalue weighted by atomic mass is 32.1. The van der Waals surface area contributed by atoms with Gasteiger partial charge >= 0.3 is 0 Å². The summed E-state index contributed by atoms with van der Waals surface area (Å²) in [6.45, 7) is 7.47. The zero-order chi connectivity index (χ0) is 8.10. The molecule has 1 rings (SSSR count). The van der Waals surface area contributed by atoms with Crippen LogP contribution in [-0.2, 0) is 0 Å². The number of nitrogens with zero attached hydrogens (tertiary/aromatic N) is 3. The van der Waals surface area contributed by atoms with Gasteiger partial charge < -0.3 is 0 Å². The smallest absolute Gasteiger partial charge is 0.0846 e. The third-order valence-electron chi connectivity index (χ3n) is 1.98. The van der Waals surface area contributed by atoms with Gasteiger partial charge in [-0.3, -0.25) is 9.91 Å². The van der Waals surface area contributed by atoms with E-state index in [-0.39, 0.29) is 0 Å². The Kier molecular flexibility index (Phi) is 3.49. The largest absolute Gasteiger partial charge is 0.300 e. The van der Waals surface area contributed by atoms with Gasteiger partial charge in [0.1, 0.15) is 0 Å². The number of thiocarbonyl (C=S) groups is 1. The summed E-state index contributed by atoms with van der Waals surface area (Å²) in [6, 6.07) is 0. The molecule has 1 saturated heterocycles. The molecule has 0 spiro atoms. The SMILES string of the molecule is CCN1CCN(N=C=S)CC1. The molecular weight excluding hydrogens is 158 g/mol. The highest BCUT2D eigenvalue weighted by molar-refractivity contribution is 7.78. The normalized spacial score (nSPS) is 19.5. The summed E-state index contributed by atoms with van der Waals surface area (Å²) >= 11 is 4.52. The van der Waals surface area contributed by atoms with Gasteiger partial charge in [-0.25, -0.2) is 0 Å². The average Bonchev–Trinajstić information content (AvgIpc) is 2.07. The molecule has 0 amide bonds. The van der Waals surface area contributed by atoms with Gasteiger partial charge in [-0.2, -0.15) is 0 Å². The molecule has 0 saturated carbocycles. The Labute approximate surface area is 72.7 Å². The molecular formula is C7H13N3S. The molecule has 0 unspecified atom stereocenters. The standard InChI is InChI=1S/C7H13N3S/c1-2-9-3-5-10(6-4-9)8-7-11/h2-6H2,1H3. The summed E-state index contributed by atoms with van der Waals surface area (Å²) in [5.74, 6) is 0. The molecule has 1 aliphatic rings. The van der Waals surface area contributed by atoms with Crippen LogP contribution < -0.4 is 0 Å². The third kappa shape index (κ3) is 2.58. The van der Waals surface area contributed by atoms with Crippen LogP contribution in [0.2, 0.25) is 0 Å². The van der Waals surface area contributed by atoms with E-state index in [2.05, 4.69) is 34.3 Å². The molecule has 11 heavy (non-hydrogen) atoms. The van der Waals surface area contributed by atoms with Crippen LogP contribution in [-0.4, -0.2) is 47.8 Å². The van der Waals surface area contributed by atoms with Crippen molar-refractivity contribution >= 4 is 17.4 Å². The summed E-state index contributed by atoms with van der Waals surface area (Å²) in [5, 5.41) is 8.28. The van der Waals surface area contributed by atoms with Crippen molar-refractivity contribution in [1.29, 1.82) is 0 Å². The van der Waals surface area contributed by atoms with Crippen LogP contribution in [0, 0.1) is 0 Å². The van der Waals surface area contributed by atoms with Gasteiger partial charge in [0.05, 0.1) is 5.16 Å². The van der Waals surface area contributed by atoms with Crippen molar-refractivity contribution < 1.29 is 0 Å². The lowest BCUT2D eigenvalue weighted by Crippen LogP contribution is -2.43. The van der Waals surface area contributed by atoms with Gasteiger partial charge in [-0.1, -0.05) is 6.92 Å². The Morgan fingerprint density at radius 2 is 2.00 bits per heavy atom. The number of isothiocyanates is 1.